The Morgan fingerprint density at radius 3 is 2.76 bits per heavy atom. The van der Waals surface area contributed by atoms with Gasteiger partial charge in [-0.2, -0.15) is 0 Å². The van der Waals surface area contributed by atoms with Gasteiger partial charge in [0, 0.05) is 6.54 Å². The third kappa shape index (κ3) is 2.38. The third-order valence-electron chi connectivity index (χ3n) is 3.53. The molecule has 0 aliphatic heterocycles. The molecule has 1 heterocycles. The van der Waals surface area contributed by atoms with Crippen molar-refractivity contribution in [3.63, 3.8) is 0 Å². The quantitative estimate of drug-likeness (QED) is 0.871. The average Bonchev–Trinajstić information content (AvgIpc) is 2.32. The van der Waals surface area contributed by atoms with Crippen LogP contribution in [0.2, 0.25) is 0 Å². The van der Waals surface area contributed by atoms with Gasteiger partial charge in [0.1, 0.15) is 5.82 Å². The summed E-state index contributed by atoms with van der Waals surface area (Å²) in [4.78, 5) is 8.93. The first kappa shape index (κ1) is 10.5. The van der Waals surface area contributed by atoms with Crippen molar-refractivity contribution in [1.29, 1.82) is 0 Å². The zero-order chi connectivity index (χ0) is 11.5. The Hall–Kier alpha value is -1.64. The van der Waals surface area contributed by atoms with Crippen LogP contribution >= 0.6 is 0 Å². The van der Waals surface area contributed by atoms with Gasteiger partial charge in [0.25, 0.3) is 0 Å². The van der Waals surface area contributed by atoms with Crippen LogP contribution in [0.15, 0.2) is 30.5 Å². The fourth-order valence-corrected chi connectivity index (χ4v) is 2.23. The van der Waals surface area contributed by atoms with Crippen LogP contribution in [0.5, 0.6) is 0 Å². The van der Waals surface area contributed by atoms with Gasteiger partial charge in [-0.25, -0.2) is 4.98 Å². The Kier molecular flexibility index (Phi) is 2.90. The summed E-state index contributed by atoms with van der Waals surface area (Å²) in [5.41, 5.74) is 1.91. The first-order valence-electron chi connectivity index (χ1n) is 6.37. The Bertz CT molecular complexity index is 506. The number of aromatic nitrogens is 2. The van der Waals surface area contributed by atoms with Crippen LogP contribution in [0, 0.1) is 5.92 Å². The highest BCUT2D eigenvalue weighted by Crippen LogP contribution is 2.29. The van der Waals surface area contributed by atoms with Gasteiger partial charge >= 0.3 is 0 Å². The second kappa shape index (κ2) is 4.70. The molecule has 1 aliphatic carbocycles. The van der Waals surface area contributed by atoms with Crippen molar-refractivity contribution in [3.05, 3.63) is 30.5 Å². The molecule has 3 nitrogen and oxygen atoms in total. The van der Waals surface area contributed by atoms with Gasteiger partial charge < -0.3 is 5.32 Å². The lowest BCUT2D eigenvalue weighted by Crippen LogP contribution is -2.16. The zero-order valence-corrected chi connectivity index (χ0v) is 9.89. The minimum atomic E-state index is 0.892. The van der Waals surface area contributed by atoms with E-state index in [-0.39, 0.29) is 0 Å². The van der Waals surface area contributed by atoms with E-state index in [9.17, 15) is 0 Å². The van der Waals surface area contributed by atoms with E-state index in [1.807, 2.05) is 30.5 Å². The first-order chi connectivity index (χ1) is 8.42. The summed E-state index contributed by atoms with van der Waals surface area (Å²) in [6.07, 6.45) is 7.31. The van der Waals surface area contributed by atoms with Gasteiger partial charge in [-0.05, 0) is 24.5 Å². The second-order valence-corrected chi connectivity index (χ2v) is 4.76. The van der Waals surface area contributed by atoms with Gasteiger partial charge in [0.2, 0.25) is 0 Å². The van der Waals surface area contributed by atoms with Crippen molar-refractivity contribution in [2.24, 2.45) is 5.92 Å². The summed E-state index contributed by atoms with van der Waals surface area (Å²) in [6, 6.07) is 7.97. The van der Waals surface area contributed by atoms with Gasteiger partial charge in [-0.1, -0.05) is 31.4 Å². The Balaban J connectivity index is 1.63. The molecule has 0 bridgehead atoms. The van der Waals surface area contributed by atoms with Crippen molar-refractivity contribution in [2.75, 3.05) is 11.9 Å². The highest BCUT2D eigenvalue weighted by Gasteiger charge is 2.16. The van der Waals surface area contributed by atoms with E-state index in [0.717, 1.165) is 29.3 Å². The van der Waals surface area contributed by atoms with Crippen LogP contribution in [0.25, 0.3) is 11.0 Å². The number of benzene rings is 1. The zero-order valence-electron chi connectivity index (χ0n) is 9.89. The normalized spacial score (nSPS) is 15.8. The lowest BCUT2D eigenvalue weighted by Gasteiger charge is -2.25. The molecular formula is C14H17N3. The molecule has 0 atom stereocenters. The van der Waals surface area contributed by atoms with Crippen LogP contribution in [-0.4, -0.2) is 16.5 Å². The number of para-hydroxylation sites is 2. The predicted octanol–water partition coefficient (Wildman–Crippen LogP) is 3.23. The number of nitrogens with one attached hydrogen (secondary N) is 1. The number of hydrogen-bond acceptors (Lipinski definition) is 3. The van der Waals surface area contributed by atoms with Crippen molar-refractivity contribution in [1.82, 2.24) is 9.97 Å². The molecule has 1 fully saturated rings. The summed E-state index contributed by atoms with van der Waals surface area (Å²) in [6.45, 7) is 1.01. The number of nitrogens with zero attached hydrogens (tertiary/aromatic N) is 2. The standard InChI is InChI=1S/C14H17N3/c1-2-7-13-12(6-1)16-10-14(17-13)15-9-8-11-4-3-5-11/h1-2,6-7,10-11H,3-5,8-9H2,(H,15,17). The molecule has 0 spiro atoms. The third-order valence-corrected chi connectivity index (χ3v) is 3.53. The lowest BCUT2D eigenvalue weighted by atomic mass is 9.83. The van der Waals surface area contributed by atoms with Crippen LogP contribution < -0.4 is 5.32 Å². The second-order valence-electron chi connectivity index (χ2n) is 4.76. The molecule has 1 N–H and O–H groups in total. The highest BCUT2D eigenvalue weighted by molar-refractivity contribution is 5.75. The molecular weight excluding hydrogens is 210 g/mol. The lowest BCUT2D eigenvalue weighted by molar-refractivity contribution is 0.303. The SMILES string of the molecule is c1ccc2nc(NCCC3CCC3)cnc2c1. The van der Waals surface area contributed by atoms with E-state index in [0.29, 0.717) is 0 Å². The Morgan fingerprint density at radius 2 is 2.00 bits per heavy atom. The smallest absolute Gasteiger partial charge is 0.145 e. The van der Waals surface area contributed by atoms with Gasteiger partial charge in [0.15, 0.2) is 0 Å². The van der Waals surface area contributed by atoms with E-state index in [1.54, 1.807) is 0 Å². The van der Waals surface area contributed by atoms with Gasteiger partial charge in [-0.15, -0.1) is 0 Å². The number of anilines is 1. The maximum Gasteiger partial charge on any atom is 0.145 e. The summed E-state index contributed by atoms with van der Waals surface area (Å²) < 4.78 is 0. The van der Waals surface area contributed by atoms with Gasteiger partial charge in [0.05, 0.1) is 17.2 Å². The van der Waals surface area contributed by atoms with E-state index in [1.165, 1.54) is 25.7 Å². The van der Waals surface area contributed by atoms with Crippen LogP contribution in [0.4, 0.5) is 5.82 Å². The van der Waals surface area contributed by atoms with E-state index >= 15 is 0 Å². The van der Waals surface area contributed by atoms with E-state index < -0.39 is 0 Å². The molecule has 3 heteroatoms. The van der Waals surface area contributed by atoms with Crippen LogP contribution in [0.3, 0.4) is 0 Å². The van der Waals surface area contributed by atoms with E-state index in [2.05, 4.69) is 15.3 Å². The van der Waals surface area contributed by atoms with Crippen LogP contribution in [-0.2, 0) is 0 Å². The molecule has 1 aliphatic rings. The maximum atomic E-state index is 4.54. The topological polar surface area (TPSA) is 37.8 Å². The van der Waals surface area contributed by atoms with Crippen molar-refractivity contribution < 1.29 is 0 Å². The first-order valence-corrected chi connectivity index (χ1v) is 6.37. The fraction of sp³-hybridized carbons (Fsp3) is 0.429. The summed E-state index contributed by atoms with van der Waals surface area (Å²) in [7, 11) is 0. The molecule has 0 radical (unpaired) electrons. The maximum absolute atomic E-state index is 4.54. The molecule has 0 unspecified atom stereocenters. The van der Waals surface area contributed by atoms with Crippen LogP contribution in [0.1, 0.15) is 25.7 Å². The van der Waals surface area contributed by atoms with Crippen molar-refractivity contribution in [2.45, 2.75) is 25.7 Å². The fourth-order valence-electron chi connectivity index (χ4n) is 2.23. The molecule has 3 rings (SSSR count). The Labute approximate surface area is 101 Å². The molecule has 0 saturated heterocycles. The minimum Gasteiger partial charge on any atom is -0.369 e. The molecule has 1 aromatic heterocycles. The molecule has 1 aromatic carbocycles. The molecule has 17 heavy (non-hydrogen) atoms. The van der Waals surface area contributed by atoms with Gasteiger partial charge in [-0.3, -0.25) is 4.98 Å². The molecule has 1 saturated carbocycles. The van der Waals surface area contributed by atoms with E-state index in [4.69, 9.17) is 0 Å². The summed E-state index contributed by atoms with van der Waals surface area (Å²) in [5.74, 6) is 1.83. The summed E-state index contributed by atoms with van der Waals surface area (Å²) in [5, 5.41) is 3.36. The summed E-state index contributed by atoms with van der Waals surface area (Å²) >= 11 is 0. The predicted molar refractivity (Wildman–Crippen MR) is 70.0 cm³/mol. The molecule has 88 valence electrons. The van der Waals surface area contributed by atoms with Crippen molar-refractivity contribution in [3.8, 4) is 0 Å². The number of fused-ring (bicyclic) bond motifs is 1. The highest BCUT2D eigenvalue weighted by atomic mass is 15.0. The monoisotopic (exact) mass is 227 g/mol. The van der Waals surface area contributed by atoms with Crippen molar-refractivity contribution >= 4 is 16.9 Å². The number of hydrogen-bond donors (Lipinski definition) is 1. The largest absolute Gasteiger partial charge is 0.369 e. The minimum absolute atomic E-state index is 0.892. The molecule has 2 aromatic rings. The average molecular weight is 227 g/mol. The number of rotatable bonds is 4. The molecule has 0 amide bonds. The Morgan fingerprint density at radius 1 is 1.18 bits per heavy atom.